The lowest BCUT2D eigenvalue weighted by atomic mass is 10.0. The van der Waals surface area contributed by atoms with Gasteiger partial charge in [0.15, 0.2) is 5.82 Å². The summed E-state index contributed by atoms with van der Waals surface area (Å²) in [5.74, 6) is 1.42. The molecule has 0 radical (unpaired) electrons. The zero-order valence-electron chi connectivity index (χ0n) is 15.3. The molecule has 0 bridgehead atoms. The molecule has 0 aliphatic heterocycles. The Morgan fingerprint density at radius 2 is 1.96 bits per heavy atom. The molecule has 0 atom stereocenters. The van der Waals surface area contributed by atoms with Crippen LogP contribution in [0.15, 0.2) is 23.0 Å². The van der Waals surface area contributed by atoms with E-state index in [-0.39, 0.29) is 11.1 Å². The van der Waals surface area contributed by atoms with E-state index in [2.05, 4.69) is 42.9 Å². The second-order valence-corrected chi connectivity index (χ2v) is 7.16. The molecule has 0 saturated carbocycles. The van der Waals surface area contributed by atoms with Gasteiger partial charge in [0.05, 0.1) is 17.4 Å². The van der Waals surface area contributed by atoms with Crippen LogP contribution >= 0.6 is 0 Å². The largest absolute Gasteiger partial charge is 0.294 e. The maximum absolute atomic E-state index is 12.6. The molecule has 3 rings (SSSR count). The fourth-order valence-electron chi connectivity index (χ4n) is 2.86. The highest BCUT2D eigenvalue weighted by Gasteiger charge is 2.24. The summed E-state index contributed by atoms with van der Waals surface area (Å²) in [6.07, 6.45) is 1.04. The van der Waals surface area contributed by atoms with Crippen molar-refractivity contribution in [2.75, 3.05) is 7.05 Å². The van der Waals surface area contributed by atoms with Gasteiger partial charge in [-0.05, 0) is 46.4 Å². The van der Waals surface area contributed by atoms with E-state index < -0.39 is 0 Å². The van der Waals surface area contributed by atoms with E-state index in [1.807, 2.05) is 29.5 Å². The summed E-state index contributed by atoms with van der Waals surface area (Å²) in [4.78, 5) is 14.9. The summed E-state index contributed by atoms with van der Waals surface area (Å²) in [5.41, 5.74) is 1.96. The van der Waals surface area contributed by atoms with Crippen molar-refractivity contribution in [3.63, 3.8) is 0 Å². The molecule has 128 valence electrons. The molecule has 0 aliphatic rings. The highest BCUT2D eigenvalue weighted by Crippen LogP contribution is 2.21. The van der Waals surface area contributed by atoms with Crippen molar-refractivity contribution in [2.45, 2.75) is 46.2 Å². The predicted molar refractivity (Wildman–Crippen MR) is 96.3 cm³/mol. The highest BCUT2D eigenvalue weighted by molar-refractivity contribution is 5.81. The number of hydrogen-bond acceptors (Lipinski definition) is 4. The van der Waals surface area contributed by atoms with Crippen molar-refractivity contribution < 1.29 is 0 Å². The Kier molecular flexibility index (Phi) is 3.95. The summed E-state index contributed by atoms with van der Waals surface area (Å²) in [6.45, 7) is 9.28. The van der Waals surface area contributed by atoms with Crippen LogP contribution in [0.25, 0.3) is 16.7 Å². The fourth-order valence-corrected chi connectivity index (χ4v) is 2.86. The maximum Gasteiger partial charge on any atom is 0.262 e. The molecule has 6 heteroatoms. The summed E-state index contributed by atoms with van der Waals surface area (Å²) >= 11 is 0. The molecule has 6 nitrogen and oxygen atoms in total. The Morgan fingerprint density at radius 1 is 1.25 bits per heavy atom. The monoisotopic (exact) mass is 327 g/mol. The standard InChI is InChI=1S/C18H25N5O/c1-7-18(3,4)21(5)11-15-19-20-17-22(6)16(24)13-10-12(2)8-9-14(13)23(15)17/h8-10H,7,11H2,1-6H3. The summed E-state index contributed by atoms with van der Waals surface area (Å²) in [6, 6.07) is 5.93. The van der Waals surface area contributed by atoms with Crippen LogP contribution in [0.5, 0.6) is 0 Å². The fraction of sp³-hybridized carbons (Fsp3) is 0.500. The van der Waals surface area contributed by atoms with Gasteiger partial charge >= 0.3 is 0 Å². The molecular weight excluding hydrogens is 302 g/mol. The van der Waals surface area contributed by atoms with Crippen molar-refractivity contribution in [1.29, 1.82) is 0 Å². The van der Waals surface area contributed by atoms with Crippen molar-refractivity contribution in [3.8, 4) is 0 Å². The molecule has 0 unspecified atom stereocenters. The molecule has 0 fully saturated rings. The van der Waals surface area contributed by atoms with Gasteiger partial charge < -0.3 is 0 Å². The van der Waals surface area contributed by atoms with Crippen LogP contribution in [0.1, 0.15) is 38.6 Å². The first-order chi connectivity index (χ1) is 11.3. The number of rotatable bonds is 4. The molecule has 0 aliphatic carbocycles. The van der Waals surface area contributed by atoms with Gasteiger partial charge in [-0.3, -0.25) is 18.7 Å². The first kappa shape index (κ1) is 16.6. The normalized spacial score (nSPS) is 12.6. The highest BCUT2D eigenvalue weighted by atomic mass is 16.1. The van der Waals surface area contributed by atoms with Crippen LogP contribution in [0.4, 0.5) is 0 Å². The lowest BCUT2D eigenvalue weighted by Crippen LogP contribution is -2.40. The van der Waals surface area contributed by atoms with Crippen molar-refractivity contribution in [3.05, 3.63) is 39.9 Å². The van der Waals surface area contributed by atoms with E-state index in [1.54, 1.807) is 11.6 Å². The van der Waals surface area contributed by atoms with Crippen LogP contribution in [-0.2, 0) is 13.6 Å². The van der Waals surface area contributed by atoms with Gasteiger partial charge in [0.2, 0.25) is 5.78 Å². The van der Waals surface area contributed by atoms with Crippen molar-refractivity contribution in [2.24, 2.45) is 7.05 Å². The third kappa shape index (κ3) is 2.51. The van der Waals surface area contributed by atoms with Gasteiger partial charge in [-0.15, -0.1) is 10.2 Å². The van der Waals surface area contributed by atoms with E-state index in [1.165, 1.54) is 0 Å². The Hall–Kier alpha value is -2.21. The Labute approximate surface area is 141 Å². The first-order valence-corrected chi connectivity index (χ1v) is 8.31. The zero-order valence-corrected chi connectivity index (χ0v) is 15.3. The van der Waals surface area contributed by atoms with Crippen LogP contribution < -0.4 is 5.56 Å². The molecular formula is C18H25N5O. The van der Waals surface area contributed by atoms with Gasteiger partial charge in [0, 0.05) is 12.6 Å². The molecule has 0 amide bonds. The van der Waals surface area contributed by atoms with Crippen molar-refractivity contribution >= 4 is 16.7 Å². The molecule has 1 aromatic carbocycles. The SMILES string of the molecule is CCC(C)(C)N(C)Cc1nnc2n(C)c(=O)c3cc(C)ccc3n12. The van der Waals surface area contributed by atoms with Crippen LogP contribution in [0.3, 0.4) is 0 Å². The third-order valence-electron chi connectivity index (χ3n) is 5.22. The summed E-state index contributed by atoms with van der Waals surface area (Å²) in [5, 5.41) is 9.33. The topological polar surface area (TPSA) is 55.4 Å². The van der Waals surface area contributed by atoms with Gasteiger partial charge in [-0.1, -0.05) is 18.6 Å². The number of aromatic nitrogens is 4. The van der Waals surface area contributed by atoms with Crippen molar-refractivity contribution in [1.82, 2.24) is 24.1 Å². The minimum absolute atomic E-state index is 0.0395. The predicted octanol–water partition coefficient (Wildman–Crippen LogP) is 2.51. The number of fused-ring (bicyclic) bond motifs is 3. The molecule has 2 aromatic heterocycles. The van der Waals surface area contributed by atoms with E-state index in [9.17, 15) is 4.79 Å². The van der Waals surface area contributed by atoms with Gasteiger partial charge in [-0.2, -0.15) is 0 Å². The molecule has 0 saturated heterocycles. The third-order valence-corrected chi connectivity index (χ3v) is 5.22. The molecule has 2 heterocycles. The van der Waals surface area contributed by atoms with E-state index in [0.29, 0.717) is 17.7 Å². The van der Waals surface area contributed by atoms with Crippen LogP contribution in [0.2, 0.25) is 0 Å². The second-order valence-electron chi connectivity index (χ2n) is 7.16. The lowest BCUT2D eigenvalue weighted by Gasteiger charge is -2.34. The van der Waals surface area contributed by atoms with Crippen LogP contribution in [0, 0.1) is 6.92 Å². The maximum atomic E-state index is 12.6. The van der Waals surface area contributed by atoms with Crippen LogP contribution in [-0.4, -0.2) is 36.7 Å². The van der Waals surface area contributed by atoms with Gasteiger partial charge in [-0.25, -0.2) is 0 Å². The van der Waals surface area contributed by atoms with E-state index >= 15 is 0 Å². The van der Waals surface area contributed by atoms with E-state index in [0.717, 1.165) is 23.3 Å². The number of benzene rings is 1. The average Bonchev–Trinajstić information content (AvgIpc) is 2.96. The van der Waals surface area contributed by atoms with Gasteiger partial charge in [0.25, 0.3) is 5.56 Å². The number of hydrogen-bond donors (Lipinski definition) is 0. The summed E-state index contributed by atoms with van der Waals surface area (Å²) < 4.78 is 3.57. The zero-order chi connectivity index (χ0) is 17.6. The second kappa shape index (κ2) is 5.70. The Bertz CT molecular complexity index is 967. The molecule has 0 spiro atoms. The first-order valence-electron chi connectivity index (χ1n) is 8.31. The number of nitrogens with zero attached hydrogens (tertiary/aromatic N) is 5. The smallest absolute Gasteiger partial charge is 0.262 e. The average molecular weight is 327 g/mol. The summed E-state index contributed by atoms with van der Waals surface area (Å²) in [7, 11) is 3.84. The Morgan fingerprint density at radius 3 is 2.62 bits per heavy atom. The molecule has 0 N–H and O–H groups in total. The van der Waals surface area contributed by atoms with E-state index in [4.69, 9.17) is 0 Å². The minimum atomic E-state index is -0.0395. The quantitative estimate of drug-likeness (QED) is 0.739. The lowest BCUT2D eigenvalue weighted by molar-refractivity contribution is 0.139. The molecule has 24 heavy (non-hydrogen) atoms. The Balaban J connectivity index is 2.25. The molecule has 3 aromatic rings. The van der Waals surface area contributed by atoms with Gasteiger partial charge in [0.1, 0.15) is 0 Å². The minimum Gasteiger partial charge on any atom is -0.294 e. The number of aryl methyl sites for hydroxylation is 2.